The van der Waals surface area contributed by atoms with E-state index < -0.39 is 0 Å². The first-order chi connectivity index (χ1) is 7.06. The molecule has 0 aliphatic heterocycles. The van der Waals surface area contributed by atoms with Gasteiger partial charge in [0.15, 0.2) is 0 Å². The highest BCUT2D eigenvalue weighted by Crippen LogP contribution is 2.37. The molecule has 1 N–H and O–H groups in total. The fraction of sp³-hybridized carbons (Fsp3) is 0.923. The second kappa shape index (κ2) is 5.53. The van der Waals surface area contributed by atoms with Gasteiger partial charge in [-0.05, 0) is 37.5 Å². The lowest BCUT2D eigenvalue weighted by atomic mass is 9.70. The van der Waals surface area contributed by atoms with Gasteiger partial charge in [0.1, 0.15) is 0 Å². The molecule has 1 unspecified atom stereocenters. The zero-order valence-electron chi connectivity index (χ0n) is 10.5. The number of hydrogen-bond acceptors (Lipinski definition) is 1. The highest BCUT2D eigenvalue weighted by Gasteiger charge is 2.34. The first-order valence-electron chi connectivity index (χ1n) is 6.34. The Morgan fingerprint density at radius 1 is 1.40 bits per heavy atom. The van der Waals surface area contributed by atoms with Gasteiger partial charge in [0.2, 0.25) is 5.91 Å². The number of carbonyl (C=O) groups excluding carboxylic acids is 1. The van der Waals surface area contributed by atoms with Crippen molar-refractivity contribution in [2.24, 2.45) is 23.7 Å². The lowest BCUT2D eigenvalue weighted by Gasteiger charge is -2.36. The van der Waals surface area contributed by atoms with E-state index in [0.717, 1.165) is 13.0 Å². The van der Waals surface area contributed by atoms with Crippen LogP contribution in [0.15, 0.2) is 0 Å². The molecule has 88 valence electrons. The fourth-order valence-electron chi connectivity index (χ4n) is 2.81. The average molecular weight is 211 g/mol. The van der Waals surface area contributed by atoms with E-state index in [-0.39, 0.29) is 11.8 Å². The van der Waals surface area contributed by atoms with Gasteiger partial charge < -0.3 is 5.32 Å². The molecule has 0 heterocycles. The van der Waals surface area contributed by atoms with Crippen molar-refractivity contribution in [3.05, 3.63) is 0 Å². The van der Waals surface area contributed by atoms with Gasteiger partial charge >= 0.3 is 0 Å². The number of carbonyl (C=O) groups is 1. The molecular formula is C13H25NO. The molecule has 0 spiro atoms. The van der Waals surface area contributed by atoms with Crippen molar-refractivity contribution < 1.29 is 4.79 Å². The van der Waals surface area contributed by atoms with Crippen LogP contribution in [-0.2, 0) is 4.79 Å². The highest BCUT2D eigenvalue weighted by atomic mass is 16.1. The van der Waals surface area contributed by atoms with Crippen LogP contribution in [0.1, 0.15) is 47.0 Å². The molecule has 0 aromatic heterocycles. The third kappa shape index (κ3) is 3.22. The van der Waals surface area contributed by atoms with Crippen LogP contribution in [-0.4, -0.2) is 12.5 Å². The topological polar surface area (TPSA) is 29.1 Å². The Hall–Kier alpha value is -0.530. The van der Waals surface area contributed by atoms with Crippen LogP contribution in [0.2, 0.25) is 0 Å². The van der Waals surface area contributed by atoms with Crippen LogP contribution in [0.4, 0.5) is 0 Å². The summed E-state index contributed by atoms with van der Waals surface area (Å²) in [5, 5.41) is 2.98. The fourth-order valence-corrected chi connectivity index (χ4v) is 2.81. The van der Waals surface area contributed by atoms with Crippen molar-refractivity contribution in [3.63, 3.8) is 0 Å². The monoisotopic (exact) mass is 211 g/mol. The minimum Gasteiger partial charge on any atom is -0.356 e. The third-order valence-corrected chi connectivity index (χ3v) is 3.71. The summed E-state index contributed by atoms with van der Waals surface area (Å²) in [6, 6.07) is 0. The molecule has 2 nitrogen and oxygen atoms in total. The number of nitrogens with one attached hydrogen (secondary N) is 1. The molecule has 1 amide bonds. The van der Waals surface area contributed by atoms with Gasteiger partial charge in [-0.15, -0.1) is 0 Å². The summed E-state index contributed by atoms with van der Waals surface area (Å²) in [4.78, 5) is 11.9. The zero-order valence-corrected chi connectivity index (χ0v) is 10.5. The predicted octanol–water partition coefficient (Wildman–Crippen LogP) is 2.83. The van der Waals surface area contributed by atoms with Crippen molar-refractivity contribution in [1.82, 2.24) is 5.32 Å². The Labute approximate surface area is 93.8 Å². The van der Waals surface area contributed by atoms with E-state index in [1.54, 1.807) is 0 Å². The van der Waals surface area contributed by atoms with E-state index in [4.69, 9.17) is 0 Å². The Morgan fingerprint density at radius 2 is 2.07 bits per heavy atom. The van der Waals surface area contributed by atoms with E-state index in [1.807, 2.05) is 6.92 Å². The summed E-state index contributed by atoms with van der Waals surface area (Å²) in [6.07, 6.45) is 3.59. The van der Waals surface area contributed by atoms with Crippen LogP contribution in [0.5, 0.6) is 0 Å². The summed E-state index contributed by atoms with van der Waals surface area (Å²) in [6.45, 7) is 9.51. The van der Waals surface area contributed by atoms with E-state index >= 15 is 0 Å². The van der Waals surface area contributed by atoms with Gasteiger partial charge in [-0.2, -0.15) is 0 Å². The molecule has 0 aromatic rings. The van der Waals surface area contributed by atoms with E-state index in [9.17, 15) is 4.79 Å². The summed E-state index contributed by atoms with van der Waals surface area (Å²) >= 11 is 0. The largest absolute Gasteiger partial charge is 0.356 e. The van der Waals surface area contributed by atoms with E-state index in [1.165, 1.54) is 12.8 Å². The summed E-state index contributed by atoms with van der Waals surface area (Å²) in [7, 11) is 0. The molecule has 3 atom stereocenters. The summed E-state index contributed by atoms with van der Waals surface area (Å²) < 4.78 is 0. The number of hydrogen-bond donors (Lipinski definition) is 1. The van der Waals surface area contributed by atoms with Crippen molar-refractivity contribution in [1.29, 1.82) is 0 Å². The summed E-state index contributed by atoms with van der Waals surface area (Å²) in [5.41, 5.74) is 0. The lowest BCUT2D eigenvalue weighted by molar-refractivity contribution is -0.129. The van der Waals surface area contributed by atoms with Crippen molar-refractivity contribution in [2.45, 2.75) is 47.0 Å². The number of amides is 1. The molecule has 0 radical (unpaired) electrons. The molecule has 15 heavy (non-hydrogen) atoms. The molecular weight excluding hydrogens is 186 g/mol. The summed E-state index contributed by atoms with van der Waals surface area (Å²) in [5.74, 6) is 2.47. The SMILES string of the molecule is CCNC(=O)[C@@H]1CC(C)CC[C@@H]1C(C)C. The van der Waals surface area contributed by atoms with Gasteiger partial charge in [0.25, 0.3) is 0 Å². The molecule has 0 saturated heterocycles. The van der Waals surface area contributed by atoms with Crippen molar-refractivity contribution in [3.8, 4) is 0 Å². The number of rotatable bonds is 3. The highest BCUT2D eigenvalue weighted by molar-refractivity contribution is 5.79. The van der Waals surface area contributed by atoms with Gasteiger partial charge in [-0.1, -0.05) is 27.2 Å². The standard InChI is InChI=1S/C13H25NO/c1-5-14-13(15)12-8-10(4)6-7-11(12)9(2)3/h9-12H,5-8H2,1-4H3,(H,14,15)/t10?,11-,12-/m1/s1. The predicted molar refractivity (Wildman–Crippen MR) is 63.5 cm³/mol. The molecule has 2 heteroatoms. The van der Waals surface area contributed by atoms with Crippen LogP contribution in [0.3, 0.4) is 0 Å². The maximum Gasteiger partial charge on any atom is 0.223 e. The molecule has 0 bridgehead atoms. The maximum atomic E-state index is 11.9. The Kier molecular flexibility index (Phi) is 4.62. The molecule has 1 aliphatic carbocycles. The molecule has 1 fully saturated rings. The first kappa shape index (κ1) is 12.5. The first-order valence-corrected chi connectivity index (χ1v) is 6.34. The van der Waals surface area contributed by atoms with Gasteiger partial charge in [0.05, 0.1) is 0 Å². The Balaban J connectivity index is 2.65. The van der Waals surface area contributed by atoms with Crippen LogP contribution in [0.25, 0.3) is 0 Å². The molecule has 1 rings (SSSR count). The maximum absolute atomic E-state index is 11.9. The molecule has 1 saturated carbocycles. The average Bonchev–Trinajstić information content (AvgIpc) is 2.17. The van der Waals surface area contributed by atoms with E-state index in [2.05, 4.69) is 26.1 Å². The lowest BCUT2D eigenvalue weighted by Crippen LogP contribution is -2.40. The van der Waals surface area contributed by atoms with Crippen LogP contribution in [0, 0.1) is 23.7 Å². The van der Waals surface area contributed by atoms with E-state index in [0.29, 0.717) is 17.8 Å². The molecule has 0 aromatic carbocycles. The minimum atomic E-state index is 0.258. The minimum absolute atomic E-state index is 0.258. The second-order valence-electron chi connectivity index (χ2n) is 5.33. The Morgan fingerprint density at radius 3 is 2.60 bits per heavy atom. The third-order valence-electron chi connectivity index (χ3n) is 3.71. The zero-order chi connectivity index (χ0) is 11.4. The van der Waals surface area contributed by atoms with Crippen molar-refractivity contribution in [2.75, 3.05) is 6.54 Å². The van der Waals surface area contributed by atoms with Crippen molar-refractivity contribution >= 4 is 5.91 Å². The quantitative estimate of drug-likeness (QED) is 0.764. The Bertz CT molecular complexity index is 213. The normalized spacial score (nSPS) is 31.7. The van der Waals surface area contributed by atoms with Crippen LogP contribution < -0.4 is 5.32 Å². The second-order valence-corrected chi connectivity index (χ2v) is 5.33. The van der Waals surface area contributed by atoms with Gasteiger partial charge in [-0.3, -0.25) is 4.79 Å². The van der Waals surface area contributed by atoms with Gasteiger partial charge in [0, 0.05) is 12.5 Å². The van der Waals surface area contributed by atoms with Gasteiger partial charge in [-0.25, -0.2) is 0 Å². The van der Waals surface area contributed by atoms with Crippen LogP contribution >= 0.6 is 0 Å². The smallest absolute Gasteiger partial charge is 0.223 e. The molecule has 1 aliphatic rings.